The second-order valence-corrected chi connectivity index (χ2v) is 6.39. The van der Waals surface area contributed by atoms with Gasteiger partial charge in [0.1, 0.15) is 17.7 Å². The third kappa shape index (κ3) is 2.95. The number of aromatic amines is 1. The lowest BCUT2D eigenvalue weighted by Gasteiger charge is -2.31. The molecule has 1 saturated heterocycles. The average Bonchev–Trinajstić information content (AvgIpc) is 3.11. The van der Waals surface area contributed by atoms with E-state index in [9.17, 15) is 4.79 Å². The van der Waals surface area contributed by atoms with Gasteiger partial charge in [0.25, 0.3) is 0 Å². The minimum absolute atomic E-state index is 0.00969. The van der Waals surface area contributed by atoms with Gasteiger partial charge in [-0.2, -0.15) is 0 Å². The predicted octanol–water partition coefficient (Wildman–Crippen LogP) is 3.05. The number of nitrogens with one attached hydrogen (secondary N) is 1. The van der Waals surface area contributed by atoms with Crippen LogP contribution in [0.5, 0.6) is 0 Å². The van der Waals surface area contributed by atoms with Crippen LogP contribution in [0.3, 0.4) is 0 Å². The number of aromatic nitrogens is 3. The lowest BCUT2D eigenvalue weighted by atomic mass is 9.91. The average molecular weight is 320 g/mol. The Morgan fingerprint density at radius 2 is 2.08 bits per heavy atom. The van der Waals surface area contributed by atoms with Crippen LogP contribution in [0.4, 0.5) is 0 Å². The van der Waals surface area contributed by atoms with Gasteiger partial charge in [-0.15, -0.1) is 0 Å². The highest BCUT2D eigenvalue weighted by atomic mass is 16.1. The van der Waals surface area contributed by atoms with E-state index in [4.69, 9.17) is 0 Å². The van der Waals surface area contributed by atoms with E-state index in [0.29, 0.717) is 5.69 Å². The Morgan fingerprint density at radius 3 is 2.96 bits per heavy atom. The maximum Gasteiger partial charge on any atom is 0.186 e. The first kappa shape index (κ1) is 15.0. The Kier molecular flexibility index (Phi) is 4.09. The van der Waals surface area contributed by atoms with Gasteiger partial charge in [0.05, 0.1) is 0 Å². The fourth-order valence-electron chi connectivity index (χ4n) is 3.52. The second kappa shape index (κ2) is 6.53. The SMILES string of the molecule is O=C(c1ncnc2[nH]ccc12)C1CCCN(Cc2ccccc2)C1. The molecule has 4 rings (SSSR count). The maximum atomic E-state index is 13.0. The van der Waals surface area contributed by atoms with Crippen LogP contribution in [0.25, 0.3) is 11.0 Å². The molecule has 0 bridgehead atoms. The van der Waals surface area contributed by atoms with Crippen molar-refractivity contribution in [1.82, 2.24) is 19.9 Å². The Balaban J connectivity index is 1.51. The maximum absolute atomic E-state index is 13.0. The molecule has 3 aromatic rings. The van der Waals surface area contributed by atoms with Crippen molar-refractivity contribution in [3.8, 4) is 0 Å². The first-order valence-corrected chi connectivity index (χ1v) is 8.40. The van der Waals surface area contributed by atoms with E-state index in [1.54, 1.807) is 6.20 Å². The van der Waals surface area contributed by atoms with Crippen LogP contribution in [0.1, 0.15) is 28.9 Å². The van der Waals surface area contributed by atoms with Gasteiger partial charge in [-0.25, -0.2) is 9.97 Å². The van der Waals surface area contributed by atoms with E-state index in [-0.39, 0.29) is 11.7 Å². The highest BCUT2D eigenvalue weighted by molar-refractivity contribution is 6.06. The predicted molar refractivity (Wildman–Crippen MR) is 92.7 cm³/mol. The first-order chi connectivity index (χ1) is 11.8. The van der Waals surface area contributed by atoms with Gasteiger partial charge in [0, 0.05) is 30.6 Å². The van der Waals surface area contributed by atoms with Crippen molar-refractivity contribution in [2.45, 2.75) is 19.4 Å². The fourth-order valence-corrected chi connectivity index (χ4v) is 3.52. The van der Waals surface area contributed by atoms with Crippen LogP contribution in [-0.4, -0.2) is 38.7 Å². The standard InChI is InChI=1S/C19H20N4O/c24-18(17-16-8-9-20-19(16)22-13-21-17)15-7-4-10-23(12-15)11-14-5-2-1-3-6-14/h1-3,5-6,8-9,13,15H,4,7,10-12H2,(H,20,21,22). The number of hydrogen-bond acceptors (Lipinski definition) is 4. The number of hydrogen-bond donors (Lipinski definition) is 1. The molecule has 1 aromatic carbocycles. The Morgan fingerprint density at radius 1 is 1.21 bits per heavy atom. The summed E-state index contributed by atoms with van der Waals surface area (Å²) in [6.45, 7) is 2.74. The zero-order chi connectivity index (χ0) is 16.4. The van der Waals surface area contributed by atoms with Gasteiger partial charge in [0.15, 0.2) is 5.78 Å². The number of nitrogens with zero attached hydrogens (tertiary/aromatic N) is 3. The molecule has 1 aliphatic rings. The number of carbonyl (C=O) groups is 1. The van der Waals surface area contributed by atoms with Crippen LogP contribution < -0.4 is 0 Å². The summed E-state index contributed by atoms with van der Waals surface area (Å²) in [5, 5.41) is 0.822. The Bertz CT molecular complexity index is 843. The normalized spacial score (nSPS) is 18.8. The number of benzene rings is 1. The molecule has 0 saturated carbocycles. The van der Waals surface area contributed by atoms with E-state index < -0.39 is 0 Å². The summed E-state index contributed by atoms with van der Waals surface area (Å²) in [5.41, 5.74) is 2.57. The van der Waals surface area contributed by atoms with E-state index in [1.807, 2.05) is 12.1 Å². The third-order valence-electron chi connectivity index (χ3n) is 4.71. The molecule has 24 heavy (non-hydrogen) atoms. The summed E-state index contributed by atoms with van der Waals surface area (Å²) < 4.78 is 0. The summed E-state index contributed by atoms with van der Waals surface area (Å²) in [6, 6.07) is 12.3. The molecule has 5 nitrogen and oxygen atoms in total. The zero-order valence-electron chi connectivity index (χ0n) is 13.5. The molecule has 0 radical (unpaired) electrons. The molecule has 1 aliphatic heterocycles. The molecule has 5 heteroatoms. The zero-order valence-corrected chi connectivity index (χ0v) is 13.5. The number of fused-ring (bicyclic) bond motifs is 1. The number of carbonyl (C=O) groups excluding carboxylic acids is 1. The largest absolute Gasteiger partial charge is 0.346 e. The second-order valence-electron chi connectivity index (χ2n) is 6.39. The number of H-pyrrole nitrogens is 1. The molecule has 0 spiro atoms. The summed E-state index contributed by atoms with van der Waals surface area (Å²) in [7, 11) is 0. The third-order valence-corrected chi connectivity index (χ3v) is 4.71. The Labute approximate surface area is 140 Å². The van der Waals surface area contributed by atoms with Crippen molar-refractivity contribution in [2.24, 2.45) is 5.92 Å². The van der Waals surface area contributed by atoms with Crippen LogP contribution >= 0.6 is 0 Å². The summed E-state index contributed by atoms with van der Waals surface area (Å²) >= 11 is 0. The van der Waals surface area contributed by atoms with Crippen molar-refractivity contribution in [3.05, 3.63) is 60.2 Å². The number of rotatable bonds is 4. The summed E-state index contributed by atoms with van der Waals surface area (Å²) in [6.07, 6.45) is 5.25. The molecule has 1 fully saturated rings. The van der Waals surface area contributed by atoms with Gasteiger partial charge in [0.2, 0.25) is 0 Å². The monoisotopic (exact) mass is 320 g/mol. The molecule has 2 aromatic heterocycles. The molecule has 0 amide bonds. The van der Waals surface area contributed by atoms with E-state index >= 15 is 0 Å². The summed E-state index contributed by atoms with van der Waals surface area (Å²) in [5.74, 6) is 0.148. The lowest BCUT2D eigenvalue weighted by molar-refractivity contribution is 0.0808. The van der Waals surface area contributed by atoms with Gasteiger partial charge in [-0.3, -0.25) is 9.69 Å². The highest BCUT2D eigenvalue weighted by Crippen LogP contribution is 2.24. The van der Waals surface area contributed by atoms with Gasteiger partial charge in [-0.05, 0) is 31.0 Å². The van der Waals surface area contributed by atoms with Crippen molar-refractivity contribution in [3.63, 3.8) is 0 Å². The van der Waals surface area contributed by atoms with Gasteiger partial charge >= 0.3 is 0 Å². The molecule has 3 heterocycles. The molecule has 1 atom stereocenters. The van der Waals surface area contributed by atoms with Crippen molar-refractivity contribution in [1.29, 1.82) is 0 Å². The number of likely N-dealkylation sites (tertiary alicyclic amines) is 1. The van der Waals surface area contributed by atoms with Crippen molar-refractivity contribution in [2.75, 3.05) is 13.1 Å². The molecule has 1 unspecified atom stereocenters. The van der Waals surface area contributed by atoms with Crippen LogP contribution in [0, 0.1) is 5.92 Å². The topological polar surface area (TPSA) is 61.9 Å². The number of piperidine rings is 1. The van der Waals surface area contributed by atoms with E-state index in [1.165, 1.54) is 11.9 Å². The minimum atomic E-state index is 0.00969. The quantitative estimate of drug-likeness (QED) is 0.751. The van der Waals surface area contributed by atoms with Crippen LogP contribution in [0.2, 0.25) is 0 Å². The van der Waals surface area contributed by atoms with Crippen molar-refractivity contribution < 1.29 is 4.79 Å². The molecular weight excluding hydrogens is 300 g/mol. The van der Waals surface area contributed by atoms with Crippen LogP contribution in [-0.2, 0) is 6.54 Å². The van der Waals surface area contributed by atoms with Crippen molar-refractivity contribution >= 4 is 16.8 Å². The van der Waals surface area contributed by atoms with Gasteiger partial charge < -0.3 is 4.98 Å². The number of ketones is 1. The van der Waals surface area contributed by atoms with Crippen LogP contribution in [0.15, 0.2) is 48.9 Å². The molecule has 122 valence electrons. The minimum Gasteiger partial charge on any atom is -0.346 e. The molecular formula is C19H20N4O. The summed E-state index contributed by atoms with van der Waals surface area (Å²) in [4.78, 5) is 26.8. The number of Topliss-reactive ketones (excluding diaryl/α,β-unsaturated/α-hetero) is 1. The molecule has 1 N–H and O–H groups in total. The fraction of sp³-hybridized carbons (Fsp3) is 0.316. The van der Waals surface area contributed by atoms with E-state index in [0.717, 1.165) is 43.5 Å². The first-order valence-electron chi connectivity index (χ1n) is 8.40. The van der Waals surface area contributed by atoms with E-state index in [2.05, 4.69) is 44.1 Å². The molecule has 0 aliphatic carbocycles. The Hall–Kier alpha value is -2.53. The highest BCUT2D eigenvalue weighted by Gasteiger charge is 2.28. The lowest BCUT2D eigenvalue weighted by Crippen LogP contribution is -2.38. The smallest absolute Gasteiger partial charge is 0.186 e. The van der Waals surface area contributed by atoms with Gasteiger partial charge in [-0.1, -0.05) is 30.3 Å².